The number of ether oxygens (including phenoxy) is 1. The van der Waals surface area contributed by atoms with Crippen LogP contribution in [0.2, 0.25) is 0 Å². The second kappa shape index (κ2) is 5.98. The highest BCUT2D eigenvalue weighted by molar-refractivity contribution is 9.10. The number of rotatable bonds is 3. The number of hydrogen-bond acceptors (Lipinski definition) is 5. The van der Waals surface area contributed by atoms with Crippen LogP contribution in [0, 0.1) is 0 Å². The molecule has 0 unspecified atom stereocenters. The fourth-order valence-electron chi connectivity index (χ4n) is 2.25. The molecule has 5 nitrogen and oxygen atoms in total. The summed E-state index contributed by atoms with van der Waals surface area (Å²) >= 11 is 3.40. The van der Waals surface area contributed by atoms with Crippen LogP contribution in [-0.2, 0) is 9.53 Å². The van der Waals surface area contributed by atoms with Crippen LogP contribution < -0.4 is 0 Å². The van der Waals surface area contributed by atoms with Crippen LogP contribution in [0.4, 0.5) is 0 Å². The molecule has 1 aromatic carbocycles. The van der Waals surface area contributed by atoms with E-state index in [2.05, 4.69) is 20.9 Å². The van der Waals surface area contributed by atoms with Crippen LogP contribution in [0.25, 0.3) is 17.4 Å². The van der Waals surface area contributed by atoms with Crippen molar-refractivity contribution < 1.29 is 18.4 Å². The summed E-state index contributed by atoms with van der Waals surface area (Å²) in [5.74, 6) is 1.24. The summed E-state index contributed by atoms with van der Waals surface area (Å²) in [7, 11) is 0. The minimum Gasteiger partial charge on any atom is -0.459 e. The molecule has 1 aliphatic heterocycles. The van der Waals surface area contributed by atoms with Gasteiger partial charge in [0, 0.05) is 16.1 Å². The highest BCUT2D eigenvalue weighted by atomic mass is 79.9. The highest BCUT2D eigenvalue weighted by Gasteiger charge is 2.26. The van der Waals surface area contributed by atoms with Crippen molar-refractivity contribution in [3.05, 3.63) is 76.5 Å². The predicted octanol–water partition coefficient (Wildman–Crippen LogP) is 4.65. The van der Waals surface area contributed by atoms with Crippen molar-refractivity contribution in [2.24, 2.45) is 4.99 Å². The Morgan fingerprint density at radius 2 is 1.83 bits per heavy atom. The van der Waals surface area contributed by atoms with E-state index in [-0.39, 0.29) is 11.6 Å². The van der Waals surface area contributed by atoms with Crippen molar-refractivity contribution in [1.29, 1.82) is 0 Å². The van der Waals surface area contributed by atoms with Crippen molar-refractivity contribution in [2.75, 3.05) is 0 Å². The summed E-state index contributed by atoms with van der Waals surface area (Å²) in [6.45, 7) is 0. The molecule has 0 radical (unpaired) electrons. The van der Waals surface area contributed by atoms with E-state index in [9.17, 15) is 4.79 Å². The number of carbonyl (C=O) groups is 1. The van der Waals surface area contributed by atoms with Gasteiger partial charge in [-0.25, -0.2) is 9.79 Å². The average molecular weight is 384 g/mol. The Hall–Kier alpha value is -2.86. The van der Waals surface area contributed by atoms with Gasteiger partial charge in [0.1, 0.15) is 11.5 Å². The van der Waals surface area contributed by atoms with Gasteiger partial charge in [0.25, 0.3) is 5.90 Å². The van der Waals surface area contributed by atoms with E-state index >= 15 is 0 Å². The molecule has 24 heavy (non-hydrogen) atoms. The van der Waals surface area contributed by atoms with Crippen molar-refractivity contribution in [3.8, 4) is 11.3 Å². The quantitative estimate of drug-likeness (QED) is 0.487. The molecular weight excluding hydrogens is 374 g/mol. The lowest BCUT2D eigenvalue weighted by Crippen LogP contribution is -2.04. The highest BCUT2D eigenvalue weighted by Crippen LogP contribution is 2.26. The lowest BCUT2D eigenvalue weighted by Gasteiger charge is -1.96. The third-order valence-corrected chi connectivity index (χ3v) is 3.92. The number of esters is 1. The van der Waals surface area contributed by atoms with E-state index in [0.717, 1.165) is 10.0 Å². The Morgan fingerprint density at radius 1 is 1.00 bits per heavy atom. The lowest BCUT2D eigenvalue weighted by atomic mass is 10.2. The van der Waals surface area contributed by atoms with Gasteiger partial charge in [0.15, 0.2) is 11.5 Å². The number of aliphatic imine (C=N–C) groups is 1. The van der Waals surface area contributed by atoms with Crippen molar-refractivity contribution in [1.82, 2.24) is 0 Å². The van der Waals surface area contributed by atoms with Crippen molar-refractivity contribution in [3.63, 3.8) is 0 Å². The average Bonchev–Trinajstić information content (AvgIpc) is 3.31. The van der Waals surface area contributed by atoms with Gasteiger partial charge in [0.05, 0.1) is 6.26 Å². The molecule has 0 fully saturated rings. The topological polar surface area (TPSA) is 64.9 Å². The number of hydrogen-bond donors (Lipinski definition) is 0. The van der Waals surface area contributed by atoms with Crippen LogP contribution in [0.3, 0.4) is 0 Å². The normalized spacial score (nSPS) is 15.6. The van der Waals surface area contributed by atoms with E-state index in [1.165, 1.54) is 6.26 Å². The lowest BCUT2D eigenvalue weighted by molar-refractivity contribution is -0.130. The first kappa shape index (κ1) is 14.7. The molecule has 0 amide bonds. The molecule has 3 aromatic rings. The smallest absolute Gasteiger partial charge is 0.364 e. The zero-order valence-electron chi connectivity index (χ0n) is 12.2. The van der Waals surface area contributed by atoms with E-state index < -0.39 is 5.97 Å². The molecule has 4 rings (SSSR count). The zero-order chi connectivity index (χ0) is 16.5. The molecule has 0 saturated heterocycles. The van der Waals surface area contributed by atoms with Gasteiger partial charge < -0.3 is 13.6 Å². The standard InChI is InChI=1S/C18H10BrNO4/c19-12-5-3-11(4-6-12)15-8-7-13(23-15)10-14-18(21)24-17(20-14)16-2-1-9-22-16/h1-10H/b14-10-. The summed E-state index contributed by atoms with van der Waals surface area (Å²) < 4.78 is 17.0. The Labute approximate surface area is 145 Å². The molecule has 0 bridgehead atoms. The molecule has 1 aliphatic rings. The Morgan fingerprint density at radius 3 is 2.58 bits per heavy atom. The molecule has 0 saturated carbocycles. The molecule has 0 atom stereocenters. The van der Waals surface area contributed by atoms with Crippen LogP contribution in [0.5, 0.6) is 0 Å². The third kappa shape index (κ3) is 2.83. The van der Waals surface area contributed by atoms with Crippen molar-refractivity contribution in [2.45, 2.75) is 0 Å². The van der Waals surface area contributed by atoms with E-state index in [1.54, 1.807) is 24.3 Å². The Balaban J connectivity index is 1.62. The predicted molar refractivity (Wildman–Crippen MR) is 91.2 cm³/mol. The number of nitrogens with zero attached hydrogens (tertiary/aromatic N) is 1. The van der Waals surface area contributed by atoms with E-state index in [1.807, 2.05) is 30.3 Å². The van der Waals surface area contributed by atoms with Crippen LogP contribution in [-0.4, -0.2) is 11.9 Å². The summed E-state index contributed by atoms with van der Waals surface area (Å²) in [4.78, 5) is 16.1. The van der Waals surface area contributed by atoms with Crippen LogP contribution >= 0.6 is 15.9 Å². The number of benzene rings is 1. The second-order valence-electron chi connectivity index (χ2n) is 5.02. The maximum atomic E-state index is 11.9. The molecule has 0 N–H and O–H groups in total. The van der Waals surface area contributed by atoms with Gasteiger partial charge in [-0.3, -0.25) is 0 Å². The molecule has 2 aromatic heterocycles. The second-order valence-corrected chi connectivity index (χ2v) is 5.94. The number of furan rings is 2. The molecule has 118 valence electrons. The summed E-state index contributed by atoms with van der Waals surface area (Å²) in [6, 6.07) is 14.7. The molecule has 0 aliphatic carbocycles. The minimum atomic E-state index is -0.539. The fourth-order valence-corrected chi connectivity index (χ4v) is 2.51. The number of cyclic esters (lactones) is 1. The molecule has 0 spiro atoms. The summed E-state index contributed by atoms with van der Waals surface area (Å²) in [5.41, 5.74) is 1.11. The Kier molecular flexibility index (Phi) is 3.66. The largest absolute Gasteiger partial charge is 0.459 e. The van der Waals surface area contributed by atoms with Crippen LogP contribution in [0.15, 0.2) is 78.8 Å². The van der Waals surface area contributed by atoms with Crippen LogP contribution in [0.1, 0.15) is 11.5 Å². The van der Waals surface area contributed by atoms with Gasteiger partial charge in [-0.15, -0.1) is 0 Å². The minimum absolute atomic E-state index is 0.149. The monoisotopic (exact) mass is 383 g/mol. The molecular formula is C18H10BrNO4. The van der Waals surface area contributed by atoms with Gasteiger partial charge in [0.2, 0.25) is 0 Å². The van der Waals surface area contributed by atoms with Gasteiger partial charge in [-0.05, 0) is 36.4 Å². The molecule has 6 heteroatoms. The Bertz CT molecular complexity index is 949. The zero-order valence-corrected chi connectivity index (χ0v) is 13.8. The first-order chi connectivity index (χ1) is 11.7. The fraction of sp³-hybridized carbons (Fsp3) is 0. The number of halogens is 1. The first-order valence-corrected chi connectivity index (χ1v) is 7.90. The van der Waals surface area contributed by atoms with E-state index in [0.29, 0.717) is 17.3 Å². The SMILES string of the molecule is O=C1OC(c2ccco2)=N/C1=C\c1ccc(-c2ccc(Br)cc2)o1. The summed E-state index contributed by atoms with van der Waals surface area (Å²) in [5, 5.41) is 0. The number of carbonyl (C=O) groups excluding carboxylic acids is 1. The van der Waals surface area contributed by atoms with Gasteiger partial charge in [-0.1, -0.05) is 28.1 Å². The molecule has 3 heterocycles. The van der Waals surface area contributed by atoms with E-state index in [4.69, 9.17) is 13.6 Å². The van der Waals surface area contributed by atoms with Crippen molar-refractivity contribution >= 4 is 33.9 Å². The maximum Gasteiger partial charge on any atom is 0.364 e. The van der Waals surface area contributed by atoms with Gasteiger partial charge >= 0.3 is 5.97 Å². The maximum absolute atomic E-state index is 11.9. The first-order valence-electron chi connectivity index (χ1n) is 7.11. The summed E-state index contributed by atoms with van der Waals surface area (Å²) in [6.07, 6.45) is 3.03. The van der Waals surface area contributed by atoms with Gasteiger partial charge in [-0.2, -0.15) is 0 Å². The third-order valence-electron chi connectivity index (χ3n) is 3.39.